The van der Waals surface area contributed by atoms with Gasteiger partial charge in [0.2, 0.25) is 5.91 Å². The summed E-state index contributed by atoms with van der Waals surface area (Å²) < 4.78 is 22.9. The number of anilines is 1. The van der Waals surface area contributed by atoms with Gasteiger partial charge in [0.15, 0.2) is 6.61 Å². The predicted octanol–water partition coefficient (Wildman–Crippen LogP) is 2.78. The van der Waals surface area contributed by atoms with E-state index in [0.717, 1.165) is 0 Å². The molecular formula is C22H20FN3O5. The van der Waals surface area contributed by atoms with E-state index in [1.807, 2.05) is 0 Å². The summed E-state index contributed by atoms with van der Waals surface area (Å²) >= 11 is 0. The number of halogens is 1. The van der Waals surface area contributed by atoms with Crippen LogP contribution in [0.5, 0.6) is 0 Å². The minimum Gasteiger partial charge on any atom is -0.449 e. The maximum absolute atomic E-state index is 12.9. The van der Waals surface area contributed by atoms with Gasteiger partial charge in [-0.15, -0.1) is 0 Å². The van der Waals surface area contributed by atoms with Crippen LogP contribution in [0, 0.1) is 17.1 Å². The molecule has 31 heavy (non-hydrogen) atoms. The number of amides is 2. The average molecular weight is 425 g/mol. The quantitative estimate of drug-likeness (QED) is 0.684. The standard InChI is InChI=1S/C22H20FN3O5/c23-17-5-1-15(2-6-17)13-20(27)25-18-7-3-16(4-8-18)14-31-22(29)26-11-9-19(26)21(28)30-12-10-24/h1-8,19H,9,11-14H2,(H,25,27)/t19-/m0/s1. The summed E-state index contributed by atoms with van der Waals surface area (Å²) in [6.45, 7) is 0.0221. The Bertz CT molecular complexity index is 986. The third kappa shape index (κ3) is 6.02. The van der Waals surface area contributed by atoms with Crippen molar-refractivity contribution in [3.05, 3.63) is 65.5 Å². The van der Waals surface area contributed by atoms with Gasteiger partial charge in [0.05, 0.1) is 6.42 Å². The third-order valence-corrected chi connectivity index (χ3v) is 4.68. The molecule has 8 nitrogen and oxygen atoms in total. The first-order valence-electron chi connectivity index (χ1n) is 9.56. The number of nitrogens with one attached hydrogen (secondary N) is 1. The van der Waals surface area contributed by atoms with Crippen LogP contribution in [0.1, 0.15) is 17.5 Å². The van der Waals surface area contributed by atoms with Gasteiger partial charge < -0.3 is 14.8 Å². The number of carbonyl (C=O) groups excluding carboxylic acids is 3. The lowest BCUT2D eigenvalue weighted by atomic mass is 10.0. The van der Waals surface area contributed by atoms with Crippen LogP contribution in [0.2, 0.25) is 0 Å². The molecule has 0 aliphatic carbocycles. The minimum atomic E-state index is -0.723. The molecule has 9 heteroatoms. The Kier molecular flexibility index (Phi) is 7.17. The molecule has 2 aromatic rings. The molecule has 1 heterocycles. The van der Waals surface area contributed by atoms with E-state index in [1.54, 1.807) is 42.5 Å². The molecule has 0 bridgehead atoms. The molecule has 3 rings (SSSR count). The zero-order valence-corrected chi connectivity index (χ0v) is 16.5. The van der Waals surface area contributed by atoms with Gasteiger partial charge in [0, 0.05) is 12.2 Å². The highest BCUT2D eigenvalue weighted by molar-refractivity contribution is 5.92. The molecule has 0 saturated carbocycles. The highest BCUT2D eigenvalue weighted by atomic mass is 19.1. The predicted molar refractivity (Wildman–Crippen MR) is 107 cm³/mol. The Morgan fingerprint density at radius 1 is 1.06 bits per heavy atom. The minimum absolute atomic E-state index is 0.000890. The maximum atomic E-state index is 12.9. The second-order valence-corrected chi connectivity index (χ2v) is 6.87. The molecule has 1 aliphatic rings. The normalized spacial score (nSPS) is 14.7. The molecule has 1 saturated heterocycles. The zero-order valence-electron chi connectivity index (χ0n) is 16.5. The topological polar surface area (TPSA) is 109 Å². The number of hydrogen-bond donors (Lipinski definition) is 1. The first-order chi connectivity index (χ1) is 15.0. The van der Waals surface area contributed by atoms with Crippen molar-refractivity contribution >= 4 is 23.7 Å². The molecule has 1 atom stereocenters. The van der Waals surface area contributed by atoms with Crippen LogP contribution in [-0.4, -0.2) is 42.1 Å². The van der Waals surface area contributed by atoms with Gasteiger partial charge in [-0.05, 0) is 41.8 Å². The second-order valence-electron chi connectivity index (χ2n) is 6.87. The van der Waals surface area contributed by atoms with E-state index in [4.69, 9.17) is 14.7 Å². The highest BCUT2D eigenvalue weighted by Gasteiger charge is 2.39. The molecule has 0 radical (unpaired) electrons. The van der Waals surface area contributed by atoms with E-state index in [-0.39, 0.29) is 31.4 Å². The molecule has 0 aromatic heterocycles. The van der Waals surface area contributed by atoms with E-state index < -0.39 is 18.1 Å². The van der Waals surface area contributed by atoms with E-state index in [1.165, 1.54) is 17.0 Å². The van der Waals surface area contributed by atoms with E-state index in [0.29, 0.717) is 29.8 Å². The molecule has 1 N–H and O–H groups in total. The van der Waals surface area contributed by atoms with Gasteiger partial charge in [0.1, 0.15) is 24.5 Å². The first-order valence-corrected chi connectivity index (χ1v) is 9.56. The summed E-state index contributed by atoms with van der Waals surface area (Å²) in [6.07, 6.45) is -0.0547. The number of hydrogen-bond acceptors (Lipinski definition) is 6. The number of ether oxygens (including phenoxy) is 2. The number of carbonyl (C=O) groups is 3. The fourth-order valence-corrected chi connectivity index (χ4v) is 2.96. The fraction of sp³-hybridized carbons (Fsp3) is 0.273. The van der Waals surface area contributed by atoms with Gasteiger partial charge in [-0.25, -0.2) is 14.0 Å². The molecule has 1 fully saturated rings. The van der Waals surface area contributed by atoms with Gasteiger partial charge in [-0.3, -0.25) is 9.69 Å². The summed E-state index contributed by atoms with van der Waals surface area (Å²) in [4.78, 5) is 37.3. The van der Waals surface area contributed by atoms with Crippen molar-refractivity contribution in [2.24, 2.45) is 0 Å². The molecule has 2 amide bonds. The Balaban J connectivity index is 1.44. The number of nitrogens with zero attached hydrogens (tertiary/aromatic N) is 2. The number of esters is 1. The van der Waals surface area contributed by atoms with Gasteiger partial charge >= 0.3 is 12.1 Å². The van der Waals surface area contributed by atoms with Crippen LogP contribution < -0.4 is 5.32 Å². The Morgan fingerprint density at radius 2 is 1.74 bits per heavy atom. The molecule has 2 aromatic carbocycles. The summed E-state index contributed by atoms with van der Waals surface area (Å²) in [5.74, 6) is -1.22. The van der Waals surface area contributed by atoms with Crippen molar-refractivity contribution in [3.63, 3.8) is 0 Å². The van der Waals surface area contributed by atoms with Crippen molar-refractivity contribution in [2.75, 3.05) is 18.5 Å². The molecular weight excluding hydrogens is 405 g/mol. The number of benzene rings is 2. The lowest BCUT2D eigenvalue weighted by molar-refractivity contribution is -0.152. The zero-order chi connectivity index (χ0) is 22.2. The molecule has 160 valence electrons. The van der Waals surface area contributed by atoms with Crippen molar-refractivity contribution in [2.45, 2.75) is 25.5 Å². The Labute approximate surface area is 178 Å². The van der Waals surface area contributed by atoms with Gasteiger partial charge in [-0.1, -0.05) is 24.3 Å². The van der Waals surface area contributed by atoms with E-state index in [9.17, 15) is 18.8 Å². The number of likely N-dealkylation sites (tertiary alicyclic amines) is 1. The number of rotatable bonds is 7. The van der Waals surface area contributed by atoms with Crippen LogP contribution in [-0.2, 0) is 32.1 Å². The smallest absolute Gasteiger partial charge is 0.410 e. The van der Waals surface area contributed by atoms with Gasteiger partial charge in [0.25, 0.3) is 0 Å². The summed E-state index contributed by atoms with van der Waals surface area (Å²) in [6, 6.07) is 13.5. The fourth-order valence-electron chi connectivity index (χ4n) is 2.96. The SMILES string of the molecule is N#CCOC(=O)[C@@H]1CCN1C(=O)OCc1ccc(NC(=O)Cc2ccc(F)cc2)cc1. The molecule has 0 spiro atoms. The third-order valence-electron chi connectivity index (χ3n) is 4.68. The Hall–Kier alpha value is -3.93. The van der Waals surface area contributed by atoms with Crippen LogP contribution >= 0.6 is 0 Å². The van der Waals surface area contributed by atoms with Crippen LogP contribution in [0.25, 0.3) is 0 Å². The molecule has 1 aliphatic heterocycles. The summed E-state index contributed by atoms with van der Waals surface area (Å²) in [5.41, 5.74) is 1.97. The average Bonchev–Trinajstić information content (AvgIpc) is 2.72. The monoisotopic (exact) mass is 425 g/mol. The Morgan fingerprint density at radius 3 is 2.35 bits per heavy atom. The molecule has 0 unspecified atom stereocenters. The van der Waals surface area contributed by atoms with Crippen molar-refractivity contribution < 1.29 is 28.2 Å². The summed E-state index contributed by atoms with van der Waals surface area (Å²) in [7, 11) is 0. The van der Waals surface area contributed by atoms with Crippen LogP contribution in [0.15, 0.2) is 48.5 Å². The van der Waals surface area contributed by atoms with Crippen LogP contribution in [0.3, 0.4) is 0 Å². The lowest BCUT2D eigenvalue weighted by Gasteiger charge is -2.37. The first kappa shape index (κ1) is 21.8. The van der Waals surface area contributed by atoms with Crippen LogP contribution in [0.4, 0.5) is 14.9 Å². The van der Waals surface area contributed by atoms with E-state index >= 15 is 0 Å². The number of nitriles is 1. The largest absolute Gasteiger partial charge is 0.449 e. The maximum Gasteiger partial charge on any atom is 0.410 e. The van der Waals surface area contributed by atoms with Crippen molar-refractivity contribution in [3.8, 4) is 6.07 Å². The van der Waals surface area contributed by atoms with E-state index in [2.05, 4.69) is 5.32 Å². The van der Waals surface area contributed by atoms with Gasteiger partial charge in [-0.2, -0.15) is 5.26 Å². The van der Waals surface area contributed by atoms with Crippen molar-refractivity contribution in [1.82, 2.24) is 4.90 Å². The lowest BCUT2D eigenvalue weighted by Crippen LogP contribution is -2.55. The second kappa shape index (κ2) is 10.2. The highest BCUT2D eigenvalue weighted by Crippen LogP contribution is 2.20. The van der Waals surface area contributed by atoms with Crippen molar-refractivity contribution in [1.29, 1.82) is 5.26 Å². The summed E-state index contributed by atoms with van der Waals surface area (Å²) in [5, 5.41) is 11.2.